The zero-order chi connectivity index (χ0) is 18.0. The van der Waals surface area contributed by atoms with Crippen LogP contribution in [0.15, 0.2) is 65.6 Å². The van der Waals surface area contributed by atoms with Gasteiger partial charge in [-0.1, -0.05) is 24.3 Å². The predicted octanol–water partition coefficient (Wildman–Crippen LogP) is 3.66. The summed E-state index contributed by atoms with van der Waals surface area (Å²) in [6.45, 7) is -0.292. The van der Waals surface area contributed by atoms with E-state index < -0.39 is 17.6 Å². The number of carbonyl (C=O) groups excluding carboxylic acids is 1. The molecule has 3 rings (SSSR count). The summed E-state index contributed by atoms with van der Waals surface area (Å²) in [6.07, 6.45) is -3.01. The summed E-state index contributed by atoms with van der Waals surface area (Å²) in [5, 5.41) is 3.60. The molecule has 0 aliphatic carbocycles. The molecule has 1 aromatic heterocycles. The number of benzene rings is 2. The Bertz CT molecular complexity index is 993. The second-order valence-corrected chi connectivity index (χ2v) is 5.46. The highest BCUT2D eigenvalue weighted by Crippen LogP contribution is 2.30. The van der Waals surface area contributed by atoms with Gasteiger partial charge in [-0.3, -0.25) is 9.59 Å². The van der Waals surface area contributed by atoms with Gasteiger partial charge in [-0.15, -0.1) is 0 Å². The lowest BCUT2D eigenvalue weighted by Gasteiger charge is -2.11. The highest BCUT2D eigenvalue weighted by atomic mass is 19.4. The van der Waals surface area contributed by atoms with Gasteiger partial charge in [-0.05, 0) is 35.7 Å². The summed E-state index contributed by atoms with van der Waals surface area (Å²) in [4.78, 5) is 24.4. The van der Waals surface area contributed by atoms with E-state index in [1.165, 1.54) is 22.9 Å². The van der Waals surface area contributed by atoms with Gasteiger partial charge in [-0.25, -0.2) is 0 Å². The highest BCUT2D eigenvalue weighted by Gasteiger charge is 2.30. The van der Waals surface area contributed by atoms with Crippen molar-refractivity contribution >= 4 is 22.4 Å². The third-order valence-corrected chi connectivity index (χ3v) is 3.67. The molecule has 1 N–H and O–H groups in total. The number of nitrogens with one attached hydrogen (secondary N) is 1. The van der Waals surface area contributed by atoms with Gasteiger partial charge in [0.05, 0.1) is 5.56 Å². The standard InChI is InChI=1S/C18H13F3N2O2/c19-18(20,21)13-5-3-6-14(10-13)22-16(24)11-23-9-8-12-4-1-2-7-15(12)17(23)25/h1-10H,11H2,(H,22,24). The topological polar surface area (TPSA) is 51.1 Å². The van der Waals surface area contributed by atoms with Crippen LogP contribution in [0.25, 0.3) is 10.8 Å². The van der Waals surface area contributed by atoms with Crippen molar-refractivity contribution < 1.29 is 18.0 Å². The Hall–Kier alpha value is -3.09. The highest BCUT2D eigenvalue weighted by molar-refractivity contribution is 5.91. The van der Waals surface area contributed by atoms with Crippen molar-refractivity contribution in [3.8, 4) is 0 Å². The van der Waals surface area contributed by atoms with Crippen LogP contribution in [0, 0.1) is 0 Å². The summed E-state index contributed by atoms with van der Waals surface area (Å²) in [5.41, 5.74) is -1.17. The molecule has 0 bridgehead atoms. The fraction of sp³-hybridized carbons (Fsp3) is 0.111. The summed E-state index contributed by atoms with van der Waals surface area (Å²) in [7, 11) is 0. The largest absolute Gasteiger partial charge is 0.416 e. The Morgan fingerprint density at radius 2 is 1.80 bits per heavy atom. The molecule has 0 aliphatic heterocycles. The minimum Gasteiger partial charge on any atom is -0.325 e. The second-order valence-electron chi connectivity index (χ2n) is 5.46. The number of fused-ring (bicyclic) bond motifs is 1. The van der Waals surface area contributed by atoms with Crippen LogP contribution in [-0.4, -0.2) is 10.5 Å². The lowest BCUT2D eigenvalue weighted by molar-refractivity contribution is -0.137. The van der Waals surface area contributed by atoms with Gasteiger partial charge < -0.3 is 9.88 Å². The molecule has 0 spiro atoms. The molecule has 128 valence electrons. The quantitative estimate of drug-likeness (QED) is 0.787. The SMILES string of the molecule is O=C(Cn1ccc2ccccc2c1=O)Nc1cccc(C(F)(F)F)c1. The maximum Gasteiger partial charge on any atom is 0.416 e. The number of rotatable bonds is 3. The maximum atomic E-state index is 12.7. The number of hydrogen-bond acceptors (Lipinski definition) is 2. The minimum atomic E-state index is -4.49. The van der Waals surface area contributed by atoms with Crippen molar-refractivity contribution in [2.24, 2.45) is 0 Å². The number of pyridine rings is 1. The van der Waals surface area contributed by atoms with Gasteiger partial charge >= 0.3 is 6.18 Å². The molecule has 7 heteroatoms. The first kappa shape index (κ1) is 16.8. The third-order valence-electron chi connectivity index (χ3n) is 3.67. The van der Waals surface area contributed by atoms with E-state index in [0.717, 1.165) is 17.5 Å². The number of carbonyl (C=O) groups is 1. The van der Waals surface area contributed by atoms with E-state index in [4.69, 9.17) is 0 Å². The molecule has 25 heavy (non-hydrogen) atoms. The first-order valence-corrected chi connectivity index (χ1v) is 7.40. The molecular weight excluding hydrogens is 333 g/mol. The van der Waals surface area contributed by atoms with Crippen molar-refractivity contribution in [2.45, 2.75) is 12.7 Å². The number of hydrogen-bond donors (Lipinski definition) is 1. The average Bonchev–Trinajstić information content (AvgIpc) is 2.57. The van der Waals surface area contributed by atoms with E-state index in [9.17, 15) is 22.8 Å². The van der Waals surface area contributed by atoms with Gasteiger partial charge in [-0.2, -0.15) is 13.2 Å². The lowest BCUT2D eigenvalue weighted by Crippen LogP contribution is -2.27. The molecule has 0 aliphatic rings. The zero-order valence-electron chi connectivity index (χ0n) is 12.9. The van der Waals surface area contributed by atoms with E-state index in [2.05, 4.69) is 5.32 Å². The fourth-order valence-corrected chi connectivity index (χ4v) is 2.48. The normalized spacial score (nSPS) is 11.5. The Morgan fingerprint density at radius 3 is 2.56 bits per heavy atom. The van der Waals surface area contributed by atoms with Crippen LogP contribution in [-0.2, 0) is 17.5 Å². The number of nitrogens with zero attached hydrogens (tertiary/aromatic N) is 1. The van der Waals surface area contributed by atoms with Crippen LogP contribution >= 0.6 is 0 Å². The molecule has 3 aromatic rings. The molecule has 0 saturated heterocycles. The van der Waals surface area contributed by atoms with Crippen molar-refractivity contribution in [3.63, 3.8) is 0 Å². The van der Waals surface area contributed by atoms with E-state index in [1.807, 2.05) is 0 Å². The van der Waals surface area contributed by atoms with Crippen molar-refractivity contribution in [1.82, 2.24) is 4.57 Å². The first-order valence-electron chi connectivity index (χ1n) is 7.40. The summed E-state index contributed by atoms with van der Waals surface area (Å²) in [5.74, 6) is -0.586. The van der Waals surface area contributed by atoms with E-state index in [0.29, 0.717) is 5.39 Å². The Labute approximate surface area is 140 Å². The van der Waals surface area contributed by atoms with Crippen LogP contribution in [0.3, 0.4) is 0 Å². The van der Waals surface area contributed by atoms with E-state index >= 15 is 0 Å². The molecule has 0 saturated carbocycles. The zero-order valence-corrected chi connectivity index (χ0v) is 12.9. The Morgan fingerprint density at radius 1 is 1.04 bits per heavy atom. The number of amides is 1. The Kier molecular flexibility index (Phi) is 4.31. The molecule has 0 atom stereocenters. The molecule has 0 radical (unpaired) electrons. The number of anilines is 1. The number of alkyl halides is 3. The minimum absolute atomic E-state index is 0.0219. The van der Waals surface area contributed by atoms with Crippen LogP contribution < -0.4 is 10.9 Å². The van der Waals surface area contributed by atoms with Crippen LogP contribution in [0.4, 0.5) is 18.9 Å². The fourth-order valence-electron chi connectivity index (χ4n) is 2.48. The van der Waals surface area contributed by atoms with Crippen molar-refractivity contribution in [3.05, 3.63) is 76.7 Å². The van der Waals surface area contributed by atoms with Crippen molar-refractivity contribution in [1.29, 1.82) is 0 Å². The van der Waals surface area contributed by atoms with Crippen molar-refractivity contribution in [2.75, 3.05) is 5.32 Å². The van der Waals surface area contributed by atoms with Crippen LogP contribution in [0.2, 0.25) is 0 Å². The lowest BCUT2D eigenvalue weighted by atomic mass is 10.2. The number of halogens is 3. The van der Waals surface area contributed by atoms with Gasteiger partial charge in [0.1, 0.15) is 6.54 Å². The monoisotopic (exact) mass is 346 g/mol. The van der Waals surface area contributed by atoms with E-state index in [-0.39, 0.29) is 17.8 Å². The smallest absolute Gasteiger partial charge is 0.325 e. The average molecular weight is 346 g/mol. The first-order chi connectivity index (χ1) is 11.8. The van der Waals surface area contributed by atoms with Gasteiger partial charge in [0.25, 0.3) is 5.56 Å². The summed E-state index contributed by atoms with van der Waals surface area (Å²) < 4.78 is 39.3. The van der Waals surface area contributed by atoms with Crippen LogP contribution in [0.5, 0.6) is 0 Å². The molecule has 0 unspecified atom stereocenters. The predicted molar refractivity (Wildman–Crippen MR) is 88.3 cm³/mol. The Balaban J connectivity index is 1.80. The van der Waals surface area contributed by atoms with Gasteiger partial charge in [0.15, 0.2) is 0 Å². The van der Waals surface area contributed by atoms with E-state index in [1.54, 1.807) is 30.3 Å². The summed E-state index contributed by atoms with van der Waals surface area (Å²) in [6, 6.07) is 13.0. The molecule has 0 fully saturated rings. The molecule has 1 amide bonds. The molecule has 2 aromatic carbocycles. The maximum absolute atomic E-state index is 12.7. The number of aromatic nitrogens is 1. The summed E-state index contributed by atoms with van der Waals surface area (Å²) >= 11 is 0. The second kappa shape index (κ2) is 6.43. The third kappa shape index (κ3) is 3.71. The molecular formula is C18H13F3N2O2. The molecule has 4 nitrogen and oxygen atoms in total. The van der Waals surface area contributed by atoms with Crippen LogP contribution in [0.1, 0.15) is 5.56 Å². The molecule has 1 heterocycles. The van der Waals surface area contributed by atoms with Gasteiger partial charge in [0, 0.05) is 17.3 Å². The van der Waals surface area contributed by atoms with Gasteiger partial charge in [0.2, 0.25) is 5.91 Å².